The lowest BCUT2D eigenvalue weighted by molar-refractivity contribution is -0.147. The lowest BCUT2D eigenvalue weighted by Gasteiger charge is -2.53. The van der Waals surface area contributed by atoms with Crippen LogP contribution < -0.4 is 0 Å². The Morgan fingerprint density at radius 2 is 2.20 bits per heavy atom. The van der Waals surface area contributed by atoms with Crippen molar-refractivity contribution in [2.75, 3.05) is 20.2 Å². The number of esters is 1. The quantitative estimate of drug-likeness (QED) is 0.620. The maximum atomic E-state index is 12.7. The molecule has 3 aliphatic heterocycles. The maximum Gasteiger partial charge on any atom is 0.328 e. The van der Waals surface area contributed by atoms with Crippen molar-refractivity contribution in [2.45, 2.75) is 38.3 Å². The molecule has 4 heteroatoms. The average molecular weight is 336 g/mol. The van der Waals surface area contributed by atoms with E-state index in [-0.39, 0.29) is 17.4 Å². The number of hydrogen-bond acceptors (Lipinski definition) is 3. The van der Waals surface area contributed by atoms with Crippen LogP contribution >= 0.6 is 0 Å². The van der Waals surface area contributed by atoms with Crippen LogP contribution in [0.5, 0.6) is 0 Å². The van der Waals surface area contributed by atoms with Crippen molar-refractivity contribution in [3.63, 3.8) is 0 Å². The van der Waals surface area contributed by atoms with E-state index in [4.69, 9.17) is 4.74 Å². The Kier molecular flexibility index (Phi) is 3.17. The SMILES string of the molecule is CCC12C=CCN3CCc4c(n(c5ccccc45)C(C(=O)OC)C1)C32. The number of ether oxygens (including phenoxy) is 1. The molecule has 0 radical (unpaired) electrons. The molecule has 25 heavy (non-hydrogen) atoms. The molecule has 0 aliphatic carbocycles. The molecule has 0 N–H and O–H groups in total. The Bertz CT molecular complexity index is 897. The summed E-state index contributed by atoms with van der Waals surface area (Å²) in [5, 5.41) is 1.31. The molecule has 1 aromatic carbocycles. The molecule has 3 unspecified atom stereocenters. The number of nitrogens with zero attached hydrogens (tertiary/aromatic N) is 2. The van der Waals surface area contributed by atoms with Gasteiger partial charge in [-0.05, 0) is 30.9 Å². The van der Waals surface area contributed by atoms with Crippen molar-refractivity contribution in [1.29, 1.82) is 0 Å². The van der Waals surface area contributed by atoms with Crippen LogP contribution in [0.3, 0.4) is 0 Å². The van der Waals surface area contributed by atoms with E-state index in [0.717, 1.165) is 32.4 Å². The van der Waals surface area contributed by atoms with E-state index < -0.39 is 0 Å². The molecule has 0 saturated heterocycles. The molecule has 1 aromatic heterocycles. The van der Waals surface area contributed by atoms with Gasteiger partial charge in [0.25, 0.3) is 0 Å². The number of methoxy groups -OCH3 is 1. The van der Waals surface area contributed by atoms with Gasteiger partial charge in [0.2, 0.25) is 0 Å². The Labute approximate surface area is 148 Å². The van der Waals surface area contributed by atoms with E-state index in [0.29, 0.717) is 6.04 Å². The van der Waals surface area contributed by atoms with Crippen molar-refractivity contribution >= 4 is 16.9 Å². The average Bonchev–Trinajstić information content (AvgIpc) is 3.01. The van der Waals surface area contributed by atoms with Crippen LogP contribution in [0.4, 0.5) is 0 Å². The number of carbonyl (C=O) groups is 1. The summed E-state index contributed by atoms with van der Waals surface area (Å²) in [4.78, 5) is 15.3. The third-order valence-corrected chi connectivity index (χ3v) is 6.68. The Morgan fingerprint density at radius 3 is 3.00 bits per heavy atom. The fraction of sp³-hybridized carbons (Fsp3) is 0.476. The van der Waals surface area contributed by atoms with Crippen molar-refractivity contribution in [3.8, 4) is 0 Å². The minimum atomic E-state index is -0.238. The predicted octanol–water partition coefficient (Wildman–Crippen LogP) is 3.62. The molecule has 4 heterocycles. The number of rotatable bonds is 2. The van der Waals surface area contributed by atoms with Crippen LogP contribution in [0.15, 0.2) is 36.4 Å². The van der Waals surface area contributed by atoms with Gasteiger partial charge in [-0.3, -0.25) is 4.90 Å². The zero-order valence-electron chi connectivity index (χ0n) is 14.9. The third kappa shape index (κ3) is 1.83. The van der Waals surface area contributed by atoms with E-state index in [1.54, 1.807) is 0 Å². The van der Waals surface area contributed by atoms with E-state index in [9.17, 15) is 4.79 Å². The number of para-hydroxylation sites is 1. The molecule has 5 rings (SSSR count). The van der Waals surface area contributed by atoms with Gasteiger partial charge in [0.1, 0.15) is 6.04 Å². The first-order chi connectivity index (χ1) is 12.2. The highest BCUT2D eigenvalue weighted by atomic mass is 16.5. The number of hydrogen-bond donors (Lipinski definition) is 0. The standard InChI is InChI=1S/C21H24N2O2/c1-3-21-10-6-11-22-12-9-15-14-7-4-5-8-16(14)23(18(15)19(21)22)17(13-21)20(24)25-2/h4-8,10,17,19H,3,9,11-13H2,1-2H3. The highest BCUT2D eigenvalue weighted by Gasteiger charge is 2.53. The van der Waals surface area contributed by atoms with Gasteiger partial charge in [0, 0.05) is 35.1 Å². The second-order valence-electron chi connectivity index (χ2n) is 7.63. The number of benzene rings is 1. The summed E-state index contributed by atoms with van der Waals surface area (Å²) < 4.78 is 7.53. The largest absolute Gasteiger partial charge is 0.467 e. The fourth-order valence-corrected chi connectivity index (χ4v) is 5.56. The second kappa shape index (κ2) is 5.21. The Morgan fingerprint density at radius 1 is 1.36 bits per heavy atom. The minimum absolute atomic E-state index is 0.0245. The zero-order chi connectivity index (χ0) is 17.2. The predicted molar refractivity (Wildman–Crippen MR) is 97.5 cm³/mol. The van der Waals surface area contributed by atoms with Gasteiger partial charge in [-0.15, -0.1) is 0 Å². The zero-order valence-corrected chi connectivity index (χ0v) is 14.9. The van der Waals surface area contributed by atoms with Crippen LogP contribution in [0, 0.1) is 5.41 Å². The van der Waals surface area contributed by atoms with Gasteiger partial charge in [0.05, 0.1) is 13.2 Å². The van der Waals surface area contributed by atoms with Gasteiger partial charge in [-0.25, -0.2) is 4.79 Å². The summed E-state index contributed by atoms with van der Waals surface area (Å²) in [5.41, 5.74) is 4.01. The summed E-state index contributed by atoms with van der Waals surface area (Å²) in [6, 6.07) is 8.69. The molecule has 0 fully saturated rings. The first kappa shape index (κ1) is 15.2. The molecule has 0 amide bonds. The van der Waals surface area contributed by atoms with Crippen molar-refractivity contribution in [3.05, 3.63) is 47.7 Å². The summed E-state index contributed by atoms with van der Waals surface area (Å²) in [7, 11) is 1.51. The molecule has 3 atom stereocenters. The molecular formula is C21H24N2O2. The maximum absolute atomic E-state index is 12.7. The van der Waals surface area contributed by atoms with Crippen molar-refractivity contribution in [2.24, 2.45) is 5.41 Å². The number of carbonyl (C=O) groups excluding carboxylic acids is 1. The van der Waals surface area contributed by atoms with Gasteiger partial charge >= 0.3 is 5.97 Å². The summed E-state index contributed by atoms with van der Waals surface area (Å²) in [6.45, 7) is 4.37. The first-order valence-electron chi connectivity index (χ1n) is 9.31. The lowest BCUT2D eigenvalue weighted by Crippen LogP contribution is -2.52. The molecular weight excluding hydrogens is 312 g/mol. The number of aromatic nitrogens is 1. The van der Waals surface area contributed by atoms with Gasteiger partial charge in [-0.1, -0.05) is 37.3 Å². The van der Waals surface area contributed by atoms with E-state index in [1.165, 1.54) is 29.3 Å². The Balaban J connectivity index is 1.87. The molecule has 4 nitrogen and oxygen atoms in total. The molecule has 3 aliphatic rings. The minimum Gasteiger partial charge on any atom is -0.467 e. The van der Waals surface area contributed by atoms with Gasteiger partial charge < -0.3 is 9.30 Å². The van der Waals surface area contributed by atoms with E-state index in [2.05, 4.69) is 52.8 Å². The third-order valence-electron chi connectivity index (χ3n) is 6.68. The molecule has 0 spiro atoms. The van der Waals surface area contributed by atoms with Crippen LogP contribution in [0.25, 0.3) is 10.9 Å². The first-order valence-corrected chi connectivity index (χ1v) is 9.31. The van der Waals surface area contributed by atoms with Gasteiger partial charge in [0.15, 0.2) is 0 Å². The summed E-state index contributed by atoms with van der Waals surface area (Å²) in [5.74, 6) is -0.120. The van der Waals surface area contributed by atoms with Crippen LogP contribution in [-0.2, 0) is 16.0 Å². The normalized spacial score (nSPS) is 30.3. The molecule has 0 bridgehead atoms. The lowest BCUT2D eigenvalue weighted by atomic mass is 9.65. The monoisotopic (exact) mass is 336 g/mol. The topological polar surface area (TPSA) is 34.5 Å². The number of fused-ring (bicyclic) bond motifs is 3. The van der Waals surface area contributed by atoms with Crippen molar-refractivity contribution < 1.29 is 9.53 Å². The Hall–Kier alpha value is -2.07. The van der Waals surface area contributed by atoms with Crippen molar-refractivity contribution in [1.82, 2.24) is 9.47 Å². The smallest absolute Gasteiger partial charge is 0.328 e. The molecule has 0 saturated carbocycles. The van der Waals surface area contributed by atoms with E-state index in [1.807, 2.05) is 0 Å². The molecule has 130 valence electrons. The fourth-order valence-electron chi connectivity index (χ4n) is 5.56. The second-order valence-corrected chi connectivity index (χ2v) is 7.63. The van der Waals surface area contributed by atoms with Crippen LogP contribution in [0.1, 0.15) is 43.1 Å². The summed E-state index contributed by atoms with van der Waals surface area (Å²) in [6.07, 6.45) is 7.61. The summed E-state index contributed by atoms with van der Waals surface area (Å²) >= 11 is 0. The van der Waals surface area contributed by atoms with E-state index >= 15 is 0 Å². The van der Waals surface area contributed by atoms with Gasteiger partial charge in [-0.2, -0.15) is 0 Å². The van der Waals surface area contributed by atoms with Crippen LogP contribution in [0.2, 0.25) is 0 Å². The highest BCUT2D eigenvalue weighted by Crippen LogP contribution is 2.57. The van der Waals surface area contributed by atoms with Crippen LogP contribution in [-0.4, -0.2) is 35.6 Å². The highest BCUT2D eigenvalue weighted by molar-refractivity contribution is 5.89. The molecule has 2 aromatic rings.